The van der Waals surface area contributed by atoms with Crippen LogP contribution in [0.3, 0.4) is 0 Å². The van der Waals surface area contributed by atoms with Gasteiger partial charge in [0.1, 0.15) is 0 Å². The number of aryl methyl sites for hydroxylation is 1. The number of hydrogen-bond acceptors (Lipinski definition) is 7. The van der Waals surface area contributed by atoms with Crippen LogP contribution in [0.2, 0.25) is 0 Å². The van der Waals surface area contributed by atoms with E-state index in [0.29, 0.717) is 12.1 Å². The number of benzene rings is 2. The molecular formula is C28H32N4O5S. The highest BCUT2D eigenvalue weighted by atomic mass is 32.2. The molecule has 0 aliphatic carbocycles. The summed E-state index contributed by atoms with van der Waals surface area (Å²) in [6.45, 7) is 5.12. The number of sulfonamides is 1. The molecule has 9 nitrogen and oxygen atoms in total. The van der Waals surface area contributed by atoms with Crippen LogP contribution < -0.4 is 10.5 Å². The van der Waals surface area contributed by atoms with Crippen molar-refractivity contribution < 1.29 is 22.7 Å². The third-order valence-electron chi connectivity index (χ3n) is 6.87. The number of carbonyl (C=O) groups excluding carboxylic acids is 2. The van der Waals surface area contributed by atoms with Crippen molar-refractivity contribution in [2.24, 2.45) is 5.14 Å². The molecule has 2 aromatic carbocycles. The number of likely N-dealkylation sites (tertiary alicyclic amines) is 1. The smallest absolute Gasteiger partial charge is 0.337 e. The first kappa shape index (κ1) is 27.4. The van der Waals surface area contributed by atoms with E-state index in [1.54, 1.807) is 36.7 Å². The zero-order valence-corrected chi connectivity index (χ0v) is 22.5. The normalized spacial score (nSPS) is 16.7. The van der Waals surface area contributed by atoms with E-state index < -0.39 is 16.0 Å². The Hall–Kier alpha value is -3.60. The molecule has 0 unspecified atom stereocenters. The molecule has 1 aromatic heterocycles. The Kier molecular flexibility index (Phi) is 8.25. The highest BCUT2D eigenvalue weighted by Gasteiger charge is 2.31. The van der Waals surface area contributed by atoms with E-state index in [-0.39, 0.29) is 22.9 Å². The van der Waals surface area contributed by atoms with Crippen LogP contribution in [0.25, 0.3) is 11.1 Å². The first-order chi connectivity index (χ1) is 18.1. The Morgan fingerprint density at radius 2 is 1.89 bits per heavy atom. The third kappa shape index (κ3) is 6.27. The number of esters is 1. The summed E-state index contributed by atoms with van der Waals surface area (Å²) in [6.07, 6.45) is 5.21. The molecule has 1 saturated heterocycles. The second kappa shape index (κ2) is 11.4. The summed E-state index contributed by atoms with van der Waals surface area (Å²) in [4.78, 5) is 31.5. The van der Waals surface area contributed by atoms with Gasteiger partial charge >= 0.3 is 5.97 Å². The number of primary sulfonamides is 1. The number of nitrogens with zero attached hydrogens (tertiary/aromatic N) is 2. The van der Waals surface area contributed by atoms with Crippen molar-refractivity contribution >= 4 is 21.9 Å². The van der Waals surface area contributed by atoms with E-state index in [1.807, 2.05) is 32.0 Å². The fourth-order valence-electron chi connectivity index (χ4n) is 4.82. The highest BCUT2D eigenvalue weighted by molar-refractivity contribution is 7.89. The Labute approximate surface area is 223 Å². The lowest BCUT2D eigenvalue weighted by atomic mass is 10.0. The van der Waals surface area contributed by atoms with E-state index in [2.05, 4.69) is 15.2 Å². The number of carbonyl (C=O) groups is 2. The van der Waals surface area contributed by atoms with Gasteiger partial charge in [-0.15, -0.1) is 0 Å². The van der Waals surface area contributed by atoms with Crippen LogP contribution in [0.1, 0.15) is 52.9 Å². The Bertz CT molecular complexity index is 1440. The van der Waals surface area contributed by atoms with Crippen molar-refractivity contribution in [2.75, 3.05) is 13.7 Å². The van der Waals surface area contributed by atoms with Crippen LogP contribution >= 0.6 is 0 Å². The van der Waals surface area contributed by atoms with Gasteiger partial charge in [0, 0.05) is 24.5 Å². The first-order valence-electron chi connectivity index (χ1n) is 12.4. The van der Waals surface area contributed by atoms with Gasteiger partial charge < -0.3 is 10.1 Å². The molecule has 1 aliphatic heterocycles. The molecule has 4 rings (SSSR count). The Balaban J connectivity index is 1.44. The molecule has 2 heterocycles. The molecule has 3 aromatic rings. The number of aromatic nitrogens is 1. The first-order valence-corrected chi connectivity index (χ1v) is 13.9. The standard InChI is InChI=1S/C28H32N4O5S/c1-18-13-24(38(29,35)36)10-11-25(18)23-14-20(15-30-16-23)17-32-12-4-5-26(32)27(33)31-19(2)21-6-8-22(9-7-21)28(34)37-3/h6-11,13-16,19,26H,4-5,12,17H2,1-3H3,(H,31,33)(H2,29,35,36)/t19-,26+/m0/s1. The van der Waals surface area contributed by atoms with E-state index in [4.69, 9.17) is 9.88 Å². The molecule has 10 heteroatoms. The van der Waals surface area contributed by atoms with Crippen molar-refractivity contribution in [1.82, 2.24) is 15.2 Å². The van der Waals surface area contributed by atoms with Gasteiger partial charge in [-0.3, -0.25) is 14.7 Å². The molecule has 0 radical (unpaired) electrons. The summed E-state index contributed by atoms with van der Waals surface area (Å²) in [5.41, 5.74) is 4.84. The maximum Gasteiger partial charge on any atom is 0.337 e. The van der Waals surface area contributed by atoms with Gasteiger partial charge in [0.05, 0.1) is 29.7 Å². The van der Waals surface area contributed by atoms with Gasteiger partial charge in [-0.25, -0.2) is 18.4 Å². The summed E-state index contributed by atoms with van der Waals surface area (Å²) in [7, 11) is -2.43. The highest BCUT2D eigenvalue weighted by Crippen LogP contribution is 2.27. The third-order valence-corrected chi connectivity index (χ3v) is 7.79. The minimum atomic E-state index is -3.77. The molecular weight excluding hydrogens is 504 g/mol. The predicted molar refractivity (Wildman–Crippen MR) is 144 cm³/mol. The molecule has 0 bridgehead atoms. The van der Waals surface area contributed by atoms with Gasteiger partial charge in [0.25, 0.3) is 0 Å². The summed E-state index contributed by atoms with van der Waals surface area (Å²) >= 11 is 0. The Morgan fingerprint density at radius 1 is 1.16 bits per heavy atom. The predicted octanol–water partition coefficient (Wildman–Crippen LogP) is 3.33. The number of ether oxygens (including phenoxy) is 1. The quantitative estimate of drug-likeness (QED) is 0.422. The van der Waals surface area contributed by atoms with E-state index in [0.717, 1.165) is 47.2 Å². The van der Waals surface area contributed by atoms with E-state index in [1.165, 1.54) is 13.2 Å². The Morgan fingerprint density at radius 3 is 2.55 bits per heavy atom. The molecule has 1 fully saturated rings. The average Bonchev–Trinajstić information content (AvgIpc) is 3.36. The fraction of sp³-hybridized carbons (Fsp3) is 0.321. The second-order valence-corrected chi connectivity index (χ2v) is 11.1. The fourth-order valence-corrected chi connectivity index (χ4v) is 5.42. The van der Waals surface area contributed by atoms with Gasteiger partial charge in [-0.2, -0.15) is 0 Å². The molecule has 38 heavy (non-hydrogen) atoms. The monoisotopic (exact) mass is 536 g/mol. The van der Waals surface area contributed by atoms with Gasteiger partial charge in [0.2, 0.25) is 15.9 Å². The molecule has 0 spiro atoms. The SMILES string of the molecule is COC(=O)c1ccc([C@H](C)NC(=O)[C@H]2CCCN2Cc2cncc(-c3ccc(S(N)(=O)=O)cc3C)c2)cc1. The molecule has 0 saturated carbocycles. The summed E-state index contributed by atoms with van der Waals surface area (Å²) in [5, 5.41) is 8.36. The summed E-state index contributed by atoms with van der Waals surface area (Å²) in [6, 6.07) is 13.3. The summed E-state index contributed by atoms with van der Waals surface area (Å²) in [5.74, 6) is -0.435. The molecule has 3 N–H and O–H groups in total. The number of nitrogens with two attached hydrogens (primary N) is 1. The largest absolute Gasteiger partial charge is 0.465 e. The zero-order valence-electron chi connectivity index (χ0n) is 21.7. The van der Waals surface area contributed by atoms with Crippen LogP contribution in [0.15, 0.2) is 65.8 Å². The number of methoxy groups -OCH3 is 1. The molecule has 200 valence electrons. The van der Waals surface area contributed by atoms with Crippen molar-refractivity contribution in [2.45, 2.75) is 50.2 Å². The van der Waals surface area contributed by atoms with E-state index in [9.17, 15) is 18.0 Å². The van der Waals surface area contributed by atoms with Crippen molar-refractivity contribution in [1.29, 1.82) is 0 Å². The maximum atomic E-state index is 13.2. The van der Waals surface area contributed by atoms with Crippen molar-refractivity contribution in [3.63, 3.8) is 0 Å². The van der Waals surface area contributed by atoms with Crippen LogP contribution in [-0.2, 0) is 26.1 Å². The van der Waals surface area contributed by atoms with Crippen molar-refractivity contribution in [3.8, 4) is 11.1 Å². The number of pyridine rings is 1. The lowest BCUT2D eigenvalue weighted by molar-refractivity contribution is -0.126. The minimum absolute atomic E-state index is 0.0365. The second-order valence-electron chi connectivity index (χ2n) is 9.58. The van der Waals surface area contributed by atoms with Crippen LogP contribution in [0, 0.1) is 6.92 Å². The lowest BCUT2D eigenvalue weighted by Gasteiger charge is -2.25. The number of hydrogen-bond donors (Lipinski definition) is 2. The lowest BCUT2D eigenvalue weighted by Crippen LogP contribution is -2.43. The number of rotatable bonds is 8. The topological polar surface area (TPSA) is 132 Å². The maximum absolute atomic E-state index is 13.2. The minimum Gasteiger partial charge on any atom is -0.465 e. The molecule has 1 aliphatic rings. The van der Waals surface area contributed by atoms with Crippen LogP contribution in [0.5, 0.6) is 0 Å². The number of amides is 1. The zero-order chi connectivity index (χ0) is 27.4. The molecule has 2 atom stereocenters. The molecule has 1 amide bonds. The van der Waals surface area contributed by atoms with Gasteiger partial charge in [-0.05, 0) is 85.8 Å². The number of nitrogens with one attached hydrogen (secondary N) is 1. The van der Waals surface area contributed by atoms with Crippen LogP contribution in [0.4, 0.5) is 0 Å². The van der Waals surface area contributed by atoms with E-state index >= 15 is 0 Å². The van der Waals surface area contributed by atoms with Crippen LogP contribution in [-0.4, -0.2) is 49.9 Å². The van der Waals surface area contributed by atoms with Gasteiger partial charge in [0.15, 0.2) is 0 Å². The average molecular weight is 537 g/mol. The van der Waals surface area contributed by atoms with Gasteiger partial charge in [-0.1, -0.05) is 18.2 Å². The van der Waals surface area contributed by atoms with Crippen molar-refractivity contribution in [3.05, 3.63) is 83.2 Å². The summed E-state index contributed by atoms with van der Waals surface area (Å²) < 4.78 is 28.1.